The summed E-state index contributed by atoms with van der Waals surface area (Å²) in [4.78, 5) is 10.8. The standard InChI is InChI=1S/C11H11IO3/c1-4-8-5-9(12)11(15-7(2)13)6-10(8)14-3/h4-6H,1H2,2-3H3. The largest absolute Gasteiger partial charge is 0.496 e. The van der Waals surface area contributed by atoms with Crippen LogP contribution in [0.25, 0.3) is 6.08 Å². The molecule has 0 unspecified atom stereocenters. The SMILES string of the molecule is C=Cc1cc(I)c(OC(C)=O)cc1OC. The zero-order chi connectivity index (χ0) is 11.4. The highest BCUT2D eigenvalue weighted by molar-refractivity contribution is 14.1. The molecule has 0 spiro atoms. The average Bonchev–Trinajstić information content (AvgIpc) is 2.19. The van der Waals surface area contributed by atoms with E-state index in [0.717, 1.165) is 9.13 Å². The van der Waals surface area contributed by atoms with E-state index in [4.69, 9.17) is 9.47 Å². The number of hydrogen-bond acceptors (Lipinski definition) is 3. The van der Waals surface area contributed by atoms with Gasteiger partial charge in [-0.15, -0.1) is 0 Å². The number of hydrogen-bond donors (Lipinski definition) is 0. The van der Waals surface area contributed by atoms with Gasteiger partial charge in [-0.1, -0.05) is 12.7 Å². The van der Waals surface area contributed by atoms with Crippen molar-refractivity contribution in [2.45, 2.75) is 6.92 Å². The minimum atomic E-state index is -0.346. The first-order valence-corrected chi connectivity index (χ1v) is 5.34. The molecule has 0 atom stereocenters. The highest BCUT2D eigenvalue weighted by Gasteiger charge is 2.09. The predicted molar refractivity (Wildman–Crippen MR) is 67.1 cm³/mol. The van der Waals surface area contributed by atoms with Crippen molar-refractivity contribution >= 4 is 34.6 Å². The Bertz CT molecular complexity index is 399. The molecule has 0 fully saturated rings. The van der Waals surface area contributed by atoms with E-state index in [1.54, 1.807) is 19.3 Å². The fraction of sp³-hybridized carbons (Fsp3) is 0.182. The number of methoxy groups -OCH3 is 1. The molecule has 0 aliphatic carbocycles. The third kappa shape index (κ3) is 2.95. The van der Waals surface area contributed by atoms with E-state index in [2.05, 4.69) is 29.2 Å². The Kier molecular flexibility index (Phi) is 4.14. The first kappa shape index (κ1) is 12.0. The molecule has 15 heavy (non-hydrogen) atoms. The Balaban J connectivity index is 3.19. The second kappa shape index (κ2) is 5.16. The van der Waals surface area contributed by atoms with Gasteiger partial charge in [-0.2, -0.15) is 0 Å². The van der Waals surface area contributed by atoms with Gasteiger partial charge in [0, 0.05) is 18.6 Å². The molecule has 1 aromatic carbocycles. The van der Waals surface area contributed by atoms with Crippen molar-refractivity contribution in [2.24, 2.45) is 0 Å². The predicted octanol–water partition coefficient (Wildman–Crippen LogP) is 2.87. The highest BCUT2D eigenvalue weighted by Crippen LogP contribution is 2.30. The summed E-state index contributed by atoms with van der Waals surface area (Å²) < 4.78 is 11.0. The number of rotatable bonds is 3. The quantitative estimate of drug-likeness (QED) is 0.488. The van der Waals surface area contributed by atoms with Gasteiger partial charge in [0.1, 0.15) is 11.5 Å². The van der Waals surface area contributed by atoms with Crippen LogP contribution in [-0.2, 0) is 4.79 Å². The molecule has 4 heteroatoms. The molecule has 0 aliphatic heterocycles. The monoisotopic (exact) mass is 318 g/mol. The number of esters is 1. The van der Waals surface area contributed by atoms with Gasteiger partial charge in [-0.3, -0.25) is 4.79 Å². The summed E-state index contributed by atoms with van der Waals surface area (Å²) in [5.41, 5.74) is 0.873. The molecular formula is C11H11IO3. The smallest absolute Gasteiger partial charge is 0.308 e. The number of ether oxygens (including phenoxy) is 2. The van der Waals surface area contributed by atoms with Crippen molar-refractivity contribution in [3.8, 4) is 11.5 Å². The Hall–Kier alpha value is -1.04. The molecule has 0 radical (unpaired) electrons. The summed E-state index contributed by atoms with van der Waals surface area (Å²) in [5, 5.41) is 0. The molecule has 0 amide bonds. The minimum Gasteiger partial charge on any atom is -0.496 e. The van der Waals surface area contributed by atoms with E-state index in [9.17, 15) is 4.79 Å². The lowest BCUT2D eigenvalue weighted by molar-refractivity contribution is -0.131. The molecule has 0 heterocycles. The van der Waals surface area contributed by atoms with E-state index in [-0.39, 0.29) is 5.97 Å². The van der Waals surface area contributed by atoms with Crippen LogP contribution < -0.4 is 9.47 Å². The topological polar surface area (TPSA) is 35.5 Å². The molecule has 0 bridgehead atoms. The third-order valence-corrected chi connectivity index (χ3v) is 2.60. The molecule has 3 nitrogen and oxygen atoms in total. The Labute approximate surface area is 102 Å². The first-order chi connectivity index (χ1) is 7.08. The van der Waals surface area contributed by atoms with Crippen molar-refractivity contribution in [2.75, 3.05) is 7.11 Å². The van der Waals surface area contributed by atoms with Crippen LogP contribution in [0.3, 0.4) is 0 Å². The summed E-state index contributed by atoms with van der Waals surface area (Å²) >= 11 is 2.10. The van der Waals surface area contributed by atoms with Crippen molar-refractivity contribution < 1.29 is 14.3 Å². The van der Waals surface area contributed by atoms with Crippen LogP contribution >= 0.6 is 22.6 Å². The Morgan fingerprint density at radius 2 is 2.13 bits per heavy atom. The zero-order valence-electron chi connectivity index (χ0n) is 8.54. The minimum absolute atomic E-state index is 0.346. The molecule has 1 aromatic rings. The lowest BCUT2D eigenvalue weighted by Crippen LogP contribution is -2.03. The van der Waals surface area contributed by atoms with Crippen LogP contribution in [0.5, 0.6) is 11.5 Å². The number of benzene rings is 1. The highest BCUT2D eigenvalue weighted by atomic mass is 127. The van der Waals surface area contributed by atoms with Gasteiger partial charge >= 0.3 is 5.97 Å². The van der Waals surface area contributed by atoms with Crippen molar-refractivity contribution in [1.29, 1.82) is 0 Å². The summed E-state index contributed by atoms with van der Waals surface area (Å²) in [6.45, 7) is 5.05. The van der Waals surface area contributed by atoms with Crippen LogP contribution in [-0.4, -0.2) is 13.1 Å². The summed E-state index contributed by atoms with van der Waals surface area (Å²) in [6.07, 6.45) is 1.69. The third-order valence-electron chi connectivity index (χ3n) is 1.76. The van der Waals surface area contributed by atoms with Gasteiger partial charge in [0.15, 0.2) is 0 Å². The van der Waals surface area contributed by atoms with Gasteiger partial charge in [-0.05, 0) is 28.7 Å². The molecule has 0 saturated carbocycles. The molecular weight excluding hydrogens is 307 g/mol. The fourth-order valence-electron chi connectivity index (χ4n) is 1.12. The molecule has 0 aliphatic rings. The van der Waals surface area contributed by atoms with Crippen LogP contribution in [0.15, 0.2) is 18.7 Å². The van der Waals surface area contributed by atoms with Gasteiger partial charge in [0.25, 0.3) is 0 Å². The first-order valence-electron chi connectivity index (χ1n) is 4.27. The van der Waals surface area contributed by atoms with E-state index in [1.165, 1.54) is 6.92 Å². The number of carbonyl (C=O) groups is 1. The normalized spacial score (nSPS) is 9.53. The summed E-state index contributed by atoms with van der Waals surface area (Å²) in [7, 11) is 1.56. The van der Waals surface area contributed by atoms with Crippen molar-refractivity contribution in [3.63, 3.8) is 0 Å². The fourth-order valence-corrected chi connectivity index (χ4v) is 1.72. The van der Waals surface area contributed by atoms with E-state index >= 15 is 0 Å². The average molecular weight is 318 g/mol. The van der Waals surface area contributed by atoms with Crippen LogP contribution in [0.1, 0.15) is 12.5 Å². The summed E-state index contributed by atoms with van der Waals surface area (Å²) in [5.74, 6) is 0.800. The second-order valence-electron chi connectivity index (χ2n) is 2.82. The van der Waals surface area contributed by atoms with E-state index < -0.39 is 0 Å². The number of carbonyl (C=O) groups excluding carboxylic acids is 1. The van der Waals surface area contributed by atoms with E-state index in [0.29, 0.717) is 11.5 Å². The molecule has 0 aromatic heterocycles. The van der Waals surface area contributed by atoms with Crippen molar-refractivity contribution in [3.05, 3.63) is 27.8 Å². The Morgan fingerprint density at radius 1 is 1.47 bits per heavy atom. The van der Waals surface area contributed by atoms with Gasteiger partial charge < -0.3 is 9.47 Å². The Morgan fingerprint density at radius 3 is 2.60 bits per heavy atom. The summed E-state index contributed by atoms with van der Waals surface area (Å²) in [6, 6.07) is 3.53. The maximum atomic E-state index is 10.8. The van der Waals surface area contributed by atoms with Crippen LogP contribution in [0, 0.1) is 3.57 Å². The maximum absolute atomic E-state index is 10.8. The second-order valence-corrected chi connectivity index (χ2v) is 3.98. The van der Waals surface area contributed by atoms with Crippen molar-refractivity contribution in [1.82, 2.24) is 0 Å². The molecule has 0 N–H and O–H groups in total. The lowest BCUT2D eigenvalue weighted by atomic mass is 10.2. The number of halogens is 1. The lowest BCUT2D eigenvalue weighted by Gasteiger charge is -2.09. The van der Waals surface area contributed by atoms with Gasteiger partial charge in [-0.25, -0.2) is 0 Å². The van der Waals surface area contributed by atoms with Crippen LogP contribution in [0.2, 0.25) is 0 Å². The molecule has 1 rings (SSSR count). The van der Waals surface area contributed by atoms with Gasteiger partial charge in [0.05, 0.1) is 10.7 Å². The van der Waals surface area contributed by atoms with E-state index in [1.807, 2.05) is 6.07 Å². The van der Waals surface area contributed by atoms with Gasteiger partial charge in [0.2, 0.25) is 0 Å². The molecule has 80 valence electrons. The zero-order valence-corrected chi connectivity index (χ0v) is 10.7. The molecule has 0 saturated heterocycles. The van der Waals surface area contributed by atoms with Crippen LogP contribution in [0.4, 0.5) is 0 Å². The maximum Gasteiger partial charge on any atom is 0.308 e.